The molecule has 2 aromatic carbocycles. The molecule has 29 heavy (non-hydrogen) atoms. The maximum Gasteiger partial charge on any atom is 0.312 e. The van der Waals surface area contributed by atoms with E-state index >= 15 is 0 Å². The van der Waals surface area contributed by atoms with E-state index in [1.807, 2.05) is 0 Å². The van der Waals surface area contributed by atoms with Crippen LogP contribution in [0, 0.1) is 5.41 Å². The molecular weight excluding hydrogens is 358 g/mol. The van der Waals surface area contributed by atoms with Gasteiger partial charge in [0.2, 0.25) is 0 Å². The molecule has 0 radical (unpaired) electrons. The first-order valence-corrected chi connectivity index (χ1v) is 11.0. The zero-order valence-corrected chi connectivity index (χ0v) is 17.6. The molecule has 1 spiro atoms. The first-order chi connectivity index (χ1) is 14.0. The van der Waals surface area contributed by atoms with Crippen molar-refractivity contribution in [1.29, 1.82) is 0 Å². The number of nitrogens with zero attached hydrogens (tertiary/aromatic N) is 1. The van der Waals surface area contributed by atoms with Crippen LogP contribution in [0.15, 0.2) is 48.5 Å². The van der Waals surface area contributed by atoms with Gasteiger partial charge in [-0.15, -0.1) is 0 Å². The molecule has 3 nitrogen and oxygen atoms in total. The number of ether oxygens (including phenoxy) is 1. The molecule has 3 aliphatic rings. The van der Waals surface area contributed by atoms with Gasteiger partial charge in [0.1, 0.15) is 0 Å². The molecule has 2 aromatic rings. The van der Waals surface area contributed by atoms with Crippen molar-refractivity contribution >= 4 is 5.97 Å². The first kappa shape index (κ1) is 18.9. The number of carbonyl (C=O) groups excluding carboxylic acids is 1. The summed E-state index contributed by atoms with van der Waals surface area (Å²) in [6, 6.07) is 18.7. The van der Waals surface area contributed by atoms with E-state index in [1.54, 1.807) is 5.56 Å². The Labute approximate surface area is 174 Å². The van der Waals surface area contributed by atoms with Crippen LogP contribution in [-0.2, 0) is 27.8 Å². The highest BCUT2D eigenvalue weighted by Crippen LogP contribution is 2.50. The minimum Gasteiger partial charge on any atom is -0.469 e. The minimum absolute atomic E-state index is 0.0542. The molecule has 0 amide bonds. The smallest absolute Gasteiger partial charge is 0.312 e. The van der Waals surface area contributed by atoms with Crippen LogP contribution in [0.1, 0.15) is 54.9 Å². The summed E-state index contributed by atoms with van der Waals surface area (Å²) < 4.78 is 5.09. The second kappa shape index (κ2) is 6.98. The zero-order valence-electron chi connectivity index (χ0n) is 17.6. The van der Waals surface area contributed by atoms with Crippen molar-refractivity contribution in [2.75, 3.05) is 20.2 Å². The van der Waals surface area contributed by atoms with Crippen LogP contribution >= 0.6 is 0 Å². The number of hydrogen-bond donors (Lipinski definition) is 0. The fraction of sp³-hybridized carbons (Fsp3) is 0.500. The van der Waals surface area contributed by atoms with Crippen molar-refractivity contribution in [3.05, 3.63) is 70.8 Å². The summed E-state index contributed by atoms with van der Waals surface area (Å²) in [7, 11) is 1.51. The third-order valence-electron chi connectivity index (χ3n) is 7.90. The highest BCUT2D eigenvalue weighted by atomic mass is 16.5. The minimum atomic E-state index is -0.349. The van der Waals surface area contributed by atoms with E-state index in [0.717, 1.165) is 32.4 Å². The molecule has 1 heterocycles. The van der Waals surface area contributed by atoms with Gasteiger partial charge in [-0.25, -0.2) is 0 Å². The van der Waals surface area contributed by atoms with Gasteiger partial charge in [0.05, 0.1) is 12.5 Å². The Hall–Kier alpha value is -2.13. The van der Waals surface area contributed by atoms with Crippen molar-refractivity contribution in [2.45, 2.75) is 56.9 Å². The number of likely N-dealkylation sites (tertiary alicyclic amines) is 1. The molecule has 5 rings (SSSR count). The zero-order chi connectivity index (χ0) is 20.1. The molecule has 0 N–H and O–H groups in total. The van der Waals surface area contributed by atoms with Gasteiger partial charge >= 0.3 is 5.97 Å². The predicted octanol–water partition coefficient (Wildman–Crippen LogP) is 4.51. The molecule has 1 saturated carbocycles. The largest absolute Gasteiger partial charge is 0.469 e. The SMILES string of the molecule is COC(=O)C1(C)CCN(C2CCC3(Cc4ccccc4Cc4ccccc43)C2)C1. The van der Waals surface area contributed by atoms with Crippen LogP contribution in [0.25, 0.3) is 0 Å². The monoisotopic (exact) mass is 389 g/mol. The van der Waals surface area contributed by atoms with E-state index < -0.39 is 0 Å². The lowest BCUT2D eigenvalue weighted by atomic mass is 9.73. The van der Waals surface area contributed by atoms with Crippen LogP contribution in [0.3, 0.4) is 0 Å². The molecule has 3 heteroatoms. The van der Waals surface area contributed by atoms with Crippen molar-refractivity contribution in [1.82, 2.24) is 4.90 Å². The Morgan fingerprint density at radius 3 is 2.55 bits per heavy atom. The fourth-order valence-corrected chi connectivity index (χ4v) is 6.30. The molecular formula is C26H31NO2. The maximum atomic E-state index is 12.3. The number of esters is 1. The molecule has 3 unspecified atom stereocenters. The second-order valence-electron chi connectivity index (χ2n) is 9.73. The Kier molecular flexibility index (Phi) is 4.54. The second-order valence-corrected chi connectivity index (χ2v) is 9.73. The van der Waals surface area contributed by atoms with Crippen LogP contribution in [-0.4, -0.2) is 37.1 Å². The van der Waals surface area contributed by atoms with Gasteiger partial charge in [-0.2, -0.15) is 0 Å². The summed E-state index contributed by atoms with van der Waals surface area (Å²) >= 11 is 0. The summed E-state index contributed by atoms with van der Waals surface area (Å²) in [5.41, 5.74) is 5.94. The summed E-state index contributed by atoms with van der Waals surface area (Å²) in [6.07, 6.45) is 6.72. The number of benzene rings is 2. The highest BCUT2D eigenvalue weighted by Gasteiger charge is 2.49. The number of methoxy groups -OCH3 is 1. The van der Waals surface area contributed by atoms with Gasteiger partial charge in [-0.1, -0.05) is 48.5 Å². The van der Waals surface area contributed by atoms with Gasteiger partial charge in [0.15, 0.2) is 0 Å². The average molecular weight is 390 g/mol. The average Bonchev–Trinajstić information content (AvgIpc) is 3.31. The summed E-state index contributed by atoms with van der Waals surface area (Å²) in [5, 5.41) is 0. The van der Waals surface area contributed by atoms with E-state index in [0.29, 0.717) is 6.04 Å². The Morgan fingerprint density at radius 1 is 1.03 bits per heavy atom. The van der Waals surface area contributed by atoms with E-state index in [2.05, 4.69) is 60.4 Å². The van der Waals surface area contributed by atoms with Gasteiger partial charge in [-0.05, 0) is 74.2 Å². The number of carbonyl (C=O) groups is 1. The van der Waals surface area contributed by atoms with Crippen molar-refractivity contribution < 1.29 is 9.53 Å². The molecule has 2 fully saturated rings. The van der Waals surface area contributed by atoms with Gasteiger partial charge < -0.3 is 4.74 Å². The Bertz CT molecular complexity index is 938. The first-order valence-electron chi connectivity index (χ1n) is 11.0. The third kappa shape index (κ3) is 3.11. The van der Waals surface area contributed by atoms with Gasteiger partial charge in [-0.3, -0.25) is 9.69 Å². The third-order valence-corrected chi connectivity index (χ3v) is 7.90. The lowest BCUT2D eigenvalue weighted by molar-refractivity contribution is -0.151. The molecule has 3 atom stereocenters. The Balaban J connectivity index is 1.45. The van der Waals surface area contributed by atoms with Crippen LogP contribution in [0.4, 0.5) is 0 Å². The van der Waals surface area contributed by atoms with Crippen LogP contribution in [0.2, 0.25) is 0 Å². The van der Waals surface area contributed by atoms with Gasteiger partial charge in [0, 0.05) is 18.0 Å². The molecule has 0 aromatic heterocycles. The van der Waals surface area contributed by atoms with E-state index in [1.165, 1.54) is 43.1 Å². The molecule has 1 saturated heterocycles. The van der Waals surface area contributed by atoms with E-state index in [9.17, 15) is 4.79 Å². The standard InChI is InChI=1S/C26H31NO2/c1-25(24(28)29-2)13-14-27(18-25)22-11-12-26(17-22)16-21-9-4-3-7-19(21)15-20-8-5-6-10-23(20)26/h3-10,22H,11-18H2,1-2H3. The Morgan fingerprint density at radius 2 is 1.76 bits per heavy atom. The number of fused-ring (bicyclic) bond motifs is 3. The van der Waals surface area contributed by atoms with Crippen LogP contribution in [0.5, 0.6) is 0 Å². The predicted molar refractivity (Wildman–Crippen MR) is 115 cm³/mol. The summed E-state index contributed by atoms with van der Waals surface area (Å²) in [5.74, 6) is -0.0542. The molecule has 1 aliphatic heterocycles. The molecule has 0 bridgehead atoms. The molecule has 2 aliphatic carbocycles. The quantitative estimate of drug-likeness (QED) is 0.708. The maximum absolute atomic E-state index is 12.3. The normalized spacial score (nSPS) is 31.3. The lowest BCUT2D eigenvalue weighted by Gasteiger charge is -2.33. The summed E-state index contributed by atoms with van der Waals surface area (Å²) in [6.45, 7) is 3.91. The van der Waals surface area contributed by atoms with E-state index in [-0.39, 0.29) is 16.8 Å². The fourth-order valence-electron chi connectivity index (χ4n) is 6.30. The topological polar surface area (TPSA) is 29.5 Å². The van der Waals surface area contributed by atoms with Crippen molar-refractivity contribution in [3.63, 3.8) is 0 Å². The highest BCUT2D eigenvalue weighted by molar-refractivity contribution is 5.77. The number of hydrogen-bond acceptors (Lipinski definition) is 3. The van der Waals surface area contributed by atoms with Crippen molar-refractivity contribution in [2.24, 2.45) is 5.41 Å². The summed E-state index contributed by atoms with van der Waals surface area (Å²) in [4.78, 5) is 14.9. The van der Waals surface area contributed by atoms with Crippen molar-refractivity contribution in [3.8, 4) is 0 Å². The van der Waals surface area contributed by atoms with Crippen LogP contribution < -0.4 is 0 Å². The van der Waals surface area contributed by atoms with E-state index in [4.69, 9.17) is 4.74 Å². The molecule has 152 valence electrons. The lowest BCUT2D eigenvalue weighted by Crippen LogP contribution is -2.38. The number of rotatable bonds is 2. The van der Waals surface area contributed by atoms with Gasteiger partial charge in [0.25, 0.3) is 0 Å².